The predicted molar refractivity (Wildman–Crippen MR) is 78.6 cm³/mol. The molecule has 0 fully saturated rings. The number of rotatable bonds is 2. The molecule has 0 spiro atoms. The van der Waals surface area contributed by atoms with Crippen LogP contribution in [0.1, 0.15) is 5.82 Å². The number of aromatic nitrogens is 2. The van der Waals surface area contributed by atoms with Crippen LogP contribution in [0.15, 0.2) is 22.7 Å². The Balaban J connectivity index is 2.37. The van der Waals surface area contributed by atoms with Crippen LogP contribution in [0.3, 0.4) is 0 Å². The van der Waals surface area contributed by atoms with Crippen LogP contribution in [0, 0.1) is 6.92 Å². The highest BCUT2D eigenvalue weighted by Crippen LogP contribution is 2.36. The van der Waals surface area contributed by atoms with Crippen LogP contribution >= 0.6 is 39.1 Å². The van der Waals surface area contributed by atoms with Crippen LogP contribution in [-0.4, -0.2) is 9.97 Å². The first-order chi connectivity index (χ1) is 8.47. The fraction of sp³-hybridized carbons (Fsp3) is 0.0909. The molecule has 18 heavy (non-hydrogen) atoms. The van der Waals surface area contributed by atoms with E-state index in [0.29, 0.717) is 33.2 Å². The van der Waals surface area contributed by atoms with Crippen molar-refractivity contribution in [2.45, 2.75) is 6.92 Å². The van der Waals surface area contributed by atoms with Crippen LogP contribution in [0.5, 0.6) is 0 Å². The maximum atomic E-state index is 6.13. The van der Waals surface area contributed by atoms with Gasteiger partial charge in [-0.2, -0.15) is 0 Å². The van der Waals surface area contributed by atoms with Gasteiger partial charge in [0.05, 0.1) is 15.7 Å². The number of halogens is 3. The van der Waals surface area contributed by atoms with E-state index < -0.39 is 0 Å². The van der Waals surface area contributed by atoms with Crippen molar-refractivity contribution >= 4 is 56.5 Å². The Morgan fingerprint density at radius 3 is 2.61 bits per heavy atom. The summed E-state index contributed by atoms with van der Waals surface area (Å²) in [6, 6.07) is 5.22. The van der Waals surface area contributed by atoms with Gasteiger partial charge in [-0.25, -0.2) is 9.97 Å². The molecule has 1 aromatic heterocycles. The largest absolute Gasteiger partial charge is 0.384 e. The molecule has 0 saturated heterocycles. The van der Waals surface area contributed by atoms with Crippen molar-refractivity contribution in [3.63, 3.8) is 0 Å². The minimum atomic E-state index is 0.393. The van der Waals surface area contributed by atoms with Gasteiger partial charge in [-0.3, -0.25) is 0 Å². The van der Waals surface area contributed by atoms with Crippen molar-refractivity contribution in [3.8, 4) is 0 Å². The number of nitrogens with two attached hydrogens (primary N) is 1. The Morgan fingerprint density at radius 2 is 1.94 bits per heavy atom. The molecule has 94 valence electrons. The Bertz CT molecular complexity index is 584. The summed E-state index contributed by atoms with van der Waals surface area (Å²) in [5.74, 6) is 1.54. The minimum Gasteiger partial charge on any atom is -0.384 e. The van der Waals surface area contributed by atoms with Gasteiger partial charge in [-0.05, 0) is 35.0 Å². The van der Waals surface area contributed by atoms with Gasteiger partial charge in [0, 0.05) is 10.5 Å². The van der Waals surface area contributed by atoms with Crippen LogP contribution < -0.4 is 11.1 Å². The van der Waals surface area contributed by atoms with Crippen molar-refractivity contribution in [2.24, 2.45) is 0 Å². The number of hydrogen-bond acceptors (Lipinski definition) is 4. The first kappa shape index (κ1) is 13.4. The average molecular weight is 348 g/mol. The highest BCUT2D eigenvalue weighted by molar-refractivity contribution is 9.10. The molecular formula is C11H9BrCl2N4. The van der Waals surface area contributed by atoms with E-state index >= 15 is 0 Å². The van der Waals surface area contributed by atoms with Crippen LogP contribution in [0.4, 0.5) is 17.3 Å². The summed E-state index contributed by atoms with van der Waals surface area (Å²) < 4.78 is 0.734. The van der Waals surface area contributed by atoms with E-state index in [-0.39, 0.29) is 0 Å². The van der Waals surface area contributed by atoms with Gasteiger partial charge in [-0.1, -0.05) is 23.2 Å². The van der Waals surface area contributed by atoms with Crippen LogP contribution in [-0.2, 0) is 0 Å². The number of nitrogens with zero attached hydrogens (tertiary/aromatic N) is 2. The summed E-state index contributed by atoms with van der Waals surface area (Å²) in [7, 11) is 0. The standard InChI is InChI=1S/C11H9BrCl2N4/c1-5-16-8(15)4-9(17-5)18-7-3-2-6(12)10(13)11(7)14/h2-4H,1H3,(H3,15,16,17,18). The van der Waals surface area contributed by atoms with E-state index in [1.807, 2.05) is 0 Å². The highest BCUT2D eigenvalue weighted by Gasteiger charge is 2.09. The summed E-state index contributed by atoms with van der Waals surface area (Å²) in [6.45, 7) is 1.76. The maximum absolute atomic E-state index is 6.13. The van der Waals surface area contributed by atoms with E-state index in [4.69, 9.17) is 28.9 Å². The van der Waals surface area contributed by atoms with E-state index in [9.17, 15) is 0 Å². The Labute approximate surface area is 123 Å². The molecule has 0 aliphatic rings. The molecule has 2 aromatic rings. The second-order valence-corrected chi connectivity index (χ2v) is 5.18. The molecule has 0 amide bonds. The summed E-state index contributed by atoms with van der Waals surface area (Å²) in [6.07, 6.45) is 0. The lowest BCUT2D eigenvalue weighted by Gasteiger charge is -2.10. The number of nitrogen functional groups attached to an aromatic ring is 1. The fourth-order valence-corrected chi connectivity index (χ4v) is 2.24. The van der Waals surface area contributed by atoms with Crippen molar-refractivity contribution in [2.75, 3.05) is 11.1 Å². The van der Waals surface area contributed by atoms with Gasteiger partial charge in [0.1, 0.15) is 17.5 Å². The molecule has 0 saturated carbocycles. The van der Waals surface area contributed by atoms with E-state index in [1.54, 1.807) is 25.1 Å². The lowest BCUT2D eigenvalue weighted by molar-refractivity contribution is 1.06. The normalized spacial score (nSPS) is 10.4. The van der Waals surface area contributed by atoms with Gasteiger partial charge in [-0.15, -0.1) is 0 Å². The average Bonchev–Trinajstić information content (AvgIpc) is 2.29. The highest BCUT2D eigenvalue weighted by atomic mass is 79.9. The molecular weight excluding hydrogens is 339 g/mol. The number of hydrogen-bond donors (Lipinski definition) is 2. The molecule has 1 aromatic carbocycles. The molecule has 7 heteroatoms. The zero-order chi connectivity index (χ0) is 13.3. The molecule has 0 unspecified atom stereocenters. The zero-order valence-electron chi connectivity index (χ0n) is 9.34. The number of benzene rings is 1. The van der Waals surface area contributed by atoms with Gasteiger partial charge >= 0.3 is 0 Å². The monoisotopic (exact) mass is 346 g/mol. The lowest BCUT2D eigenvalue weighted by atomic mass is 10.3. The second-order valence-electron chi connectivity index (χ2n) is 3.57. The van der Waals surface area contributed by atoms with Crippen molar-refractivity contribution in [3.05, 3.63) is 38.5 Å². The van der Waals surface area contributed by atoms with Gasteiger partial charge < -0.3 is 11.1 Å². The topological polar surface area (TPSA) is 63.8 Å². The first-order valence-electron chi connectivity index (χ1n) is 4.99. The minimum absolute atomic E-state index is 0.393. The predicted octanol–water partition coefficient (Wildman–Crippen LogP) is 4.18. The van der Waals surface area contributed by atoms with Crippen LogP contribution in [0.25, 0.3) is 0 Å². The van der Waals surface area contributed by atoms with E-state index in [0.717, 1.165) is 4.47 Å². The van der Waals surface area contributed by atoms with Crippen molar-refractivity contribution < 1.29 is 0 Å². The van der Waals surface area contributed by atoms with Gasteiger partial charge in [0.25, 0.3) is 0 Å². The van der Waals surface area contributed by atoms with Crippen LogP contribution in [0.2, 0.25) is 10.0 Å². The first-order valence-corrected chi connectivity index (χ1v) is 6.54. The Kier molecular flexibility index (Phi) is 3.94. The molecule has 1 heterocycles. The quantitative estimate of drug-likeness (QED) is 0.800. The van der Waals surface area contributed by atoms with E-state index in [2.05, 4.69) is 31.2 Å². The Morgan fingerprint density at radius 1 is 1.22 bits per heavy atom. The number of aryl methyl sites for hydroxylation is 1. The third-order valence-electron chi connectivity index (χ3n) is 2.16. The molecule has 0 bridgehead atoms. The third kappa shape index (κ3) is 2.85. The molecule has 3 N–H and O–H groups in total. The molecule has 2 rings (SSSR count). The number of nitrogens with one attached hydrogen (secondary N) is 1. The smallest absolute Gasteiger partial charge is 0.136 e. The number of anilines is 3. The molecule has 0 aliphatic heterocycles. The summed E-state index contributed by atoms with van der Waals surface area (Å²) in [5.41, 5.74) is 6.30. The van der Waals surface area contributed by atoms with Crippen molar-refractivity contribution in [1.82, 2.24) is 9.97 Å². The third-order valence-corrected chi connectivity index (χ3v) is 3.93. The Hall–Kier alpha value is -1.04. The summed E-state index contributed by atoms with van der Waals surface area (Å²) >= 11 is 15.5. The molecule has 0 radical (unpaired) electrons. The zero-order valence-corrected chi connectivity index (χ0v) is 12.4. The molecule has 0 aliphatic carbocycles. The van der Waals surface area contributed by atoms with Crippen molar-refractivity contribution in [1.29, 1.82) is 0 Å². The van der Waals surface area contributed by atoms with E-state index in [1.165, 1.54) is 0 Å². The summed E-state index contributed by atoms with van der Waals surface area (Å²) in [5, 5.41) is 3.92. The fourth-order valence-electron chi connectivity index (χ4n) is 1.42. The second kappa shape index (κ2) is 5.30. The maximum Gasteiger partial charge on any atom is 0.136 e. The lowest BCUT2D eigenvalue weighted by Crippen LogP contribution is -2.01. The molecule has 0 atom stereocenters. The van der Waals surface area contributed by atoms with Gasteiger partial charge in [0.2, 0.25) is 0 Å². The summed E-state index contributed by atoms with van der Waals surface area (Å²) in [4.78, 5) is 8.20. The van der Waals surface area contributed by atoms with Gasteiger partial charge in [0.15, 0.2) is 0 Å². The SMILES string of the molecule is Cc1nc(N)cc(Nc2ccc(Br)c(Cl)c2Cl)n1. The molecule has 4 nitrogen and oxygen atoms in total.